The van der Waals surface area contributed by atoms with Gasteiger partial charge in [-0.05, 0) is 65.7 Å². The Labute approximate surface area is 253 Å². The van der Waals surface area contributed by atoms with E-state index >= 15 is 0 Å². The van der Waals surface area contributed by atoms with E-state index in [4.69, 9.17) is 14.4 Å². The number of hydrogen-bond acceptors (Lipinski definition) is 5. The molecule has 0 N–H and O–H groups in total. The van der Waals surface area contributed by atoms with Crippen LogP contribution in [0.1, 0.15) is 0 Å². The van der Waals surface area contributed by atoms with Crippen LogP contribution in [-0.4, -0.2) is 9.97 Å². The average Bonchev–Trinajstić information content (AvgIpc) is 3.71. The van der Waals surface area contributed by atoms with Gasteiger partial charge in [-0.15, -0.1) is 11.3 Å². The molecule has 0 atom stereocenters. The minimum absolute atomic E-state index is 0.617. The van der Waals surface area contributed by atoms with Gasteiger partial charge in [0.15, 0.2) is 5.58 Å². The lowest BCUT2D eigenvalue weighted by Gasteiger charge is -2.25. The Bertz CT molecular complexity index is 2050. The molecule has 0 radical (unpaired) electrons. The molecule has 0 amide bonds. The summed E-state index contributed by atoms with van der Waals surface area (Å²) in [6, 6.07) is 52.2. The monoisotopic (exact) mass is 571 g/mol. The highest BCUT2D eigenvalue weighted by atomic mass is 32.1. The number of aromatic nitrogens is 2. The first kappa shape index (κ1) is 25.2. The van der Waals surface area contributed by atoms with Crippen LogP contribution in [0.3, 0.4) is 0 Å². The molecule has 43 heavy (non-hydrogen) atoms. The highest BCUT2D eigenvalue weighted by Gasteiger charge is 2.17. The van der Waals surface area contributed by atoms with Crippen molar-refractivity contribution >= 4 is 49.7 Å². The quantitative estimate of drug-likeness (QED) is 0.199. The fourth-order valence-electron chi connectivity index (χ4n) is 5.39. The first-order chi connectivity index (χ1) is 21.3. The van der Waals surface area contributed by atoms with E-state index in [1.165, 1.54) is 11.1 Å². The molecular weight excluding hydrogens is 547 g/mol. The Kier molecular flexibility index (Phi) is 6.28. The van der Waals surface area contributed by atoms with Crippen molar-refractivity contribution in [2.75, 3.05) is 4.90 Å². The maximum atomic E-state index is 6.27. The maximum absolute atomic E-state index is 6.27. The van der Waals surface area contributed by atoms with Crippen LogP contribution in [0.5, 0.6) is 0 Å². The molecule has 8 aromatic rings. The van der Waals surface area contributed by atoms with Crippen molar-refractivity contribution in [3.8, 4) is 33.2 Å². The van der Waals surface area contributed by atoms with Crippen molar-refractivity contribution in [2.24, 2.45) is 0 Å². The zero-order valence-electron chi connectivity index (χ0n) is 23.1. The summed E-state index contributed by atoms with van der Waals surface area (Å²) in [5, 5.41) is 1.02. The Morgan fingerprint density at radius 2 is 1.02 bits per heavy atom. The summed E-state index contributed by atoms with van der Waals surface area (Å²) in [4.78, 5) is 11.9. The third-order valence-corrected chi connectivity index (χ3v) is 8.60. The molecule has 0 aliphatic carbocycles. The number of oxazole rings is 1. The normalized spacial score (nSPS) is 11.3. The molecule has 0 aliphatic rings. The summed E-state index contributed by atoms with van der Waals surface area (Å²) in [6.45, 7) is 0. The Hall–Kier alpha value is -5.52. The number of benzene rings is 6. The van der Waals surface area contributed by atoms with Crippen LogP contribution in [0.4, 0.5) is 17.1 Å². The Morgan fingerprint density at radius 1 is 0.465 bits per heavy atom. The van der Waals surface area contributed by atoms with Crippen LogP contribution in [0.2, 0.25) is 0 Å². The van der Waals surface area contributed by atoms with Gasteiger partial charge in [0.25, 0.3) is 0 Å². The van der Waals surface area contributed by atoms with Crippen LogP contribution in [-0.2, 0) is 0 Å². The first-order valence-electron chi connectivity index (χ1n) is 14.2. The van der Waals surface area contributed by atoms with Gasteiger partial charge in [-0.3, -0.25) is 0 Å². The minimum atomic E-state index is 0.617. The van der Waals surface area contributed by atoms with Gasteiger partial charge in [0.2, 0.25) is 5.89 Å². The summed E-state index contributed by atoms with van der Waals surface area (Å²) in [7, 11) is 0. The topological polar surface area (TPSA) is 42.2 Å². The molecule has 204 valence electrons. The van der Waals surface area contributed by atoms with E-state index in [1.807, 2.05) is 48.5 Å². The number of fused-ring (bicyclic) bond motifs is 2. The Balaban J connectivity index is 1.24. The van der Waals surface area contributed by atoms with Crippen molar-refractivity contribution in [3.63, 3.8) is 0 Å². The second-order valence-corrected chi connectivity index (χ2v) is 11.4. The van der Waals surface area contributed by atoms with Crippen molar-refractivity contribution in [2.45, 2.75) is 0 Å². The van der Waals surface area contributed by atoms with Gasteiger partial charge < -0.3 is 9.32 Å². The smallest absolute Gasteiger partial charge is 0.227 e. The summed E-state index contributed by atoms with van der Waals surface area (Å²) in [6.07, 6.45) is 0. The Morgan fingerprint density at radius 3 is 1.72 bits per heavy atom. The summed E-state index contributed by atoms with van der Waals surface area (Å²) in [5.74, 6) is 0.617. The predicted octanol–water partition coefficient (Wildman–Crippen LogP) is 10.9. The lowest BCUT2D eigenvalue weighted by Crippen LogP contribution is -2.09. The van der Waals surface area contributed by atoms with Gasteiger partial charge in [-0.1, -0.05) is 91.0 Å². The molecule has 0 aliphatic heterocycles. The van der Waals surface area contributed by atoms with E-state index in [0.717, 1.165) is 54.5 Å². The van der Waals surface area contributed by atoms with Crippen molar-refractivity contribution < 1.29 is 4.42 Å². The van der Waals surface area contributed by atoms with E-state index < -0.39 is 0 Å². The van der Waals surface area contributed by atoms with Gasteiger partial charge in [0.1, 0.15) is 10.5 Å². The lowest BCUT2D eigenvalue weighted by atomic mass is 10.0. The molecule has 0 saturated carbocycles. The number of thiazole rings is 1. The fraction of sp³-hybridized carbons (Fsp3) is 0. The second kappa shape index (κ2) is 10.7. The number of hydrogen-bond donors (Lipinski definition) is 0. The number of anilines is 3. The number of nitrogens with zero attached hydrogens (tertiary/aromatic N) is 3. The van der Waals surface area contributed by atoms with Gasteiger partial charge in [0, 0.05) is 34.3 Å². The molecule has 0 spiro atoms. The average molecular weight is 572 g/mol. The first-order valence-corrected chi connectivity index (χ1v) is 15.0. The lowest BCUT2D eigenvalue weighted by molar-refractivity contribution is 0.620. The third-order valence-electron chi connectivity index (χ3n) is 7.53. The molecule has 6 aromatic carbocycles. The molecule has 2 aromatic heterocycles. The maximum Gasteiger partial charge on any atom is 0.227 e. The molecular formula is C38H25N3OS. The molecule has 0 saturated heterocycles. The molecule has 0 unspecified atom stereocenters. The summed E-state index contributed by atoms with van der Waals surface area (Å²) in [5.41, 5.74) is 10.1. The molecule has 0 bridgehead atoms. The van der Waals surface area contributed by atoms with Crippen LogP contribution < -0.4 is 4.90 Å². The molecule has 8 rings (SSSR count). The van der Waals surface area contributed by atoms with E-state index in [0.29, 0.717) is 5.89 Å². The second-order valence-electron chi connectivity index (χ2n) is 10.3. The SMILES string of the molecule is c1ccc(-c2ccc(N(c3ccc4nc(-c5ccccc5)oc4c3)c3ccc4nc(-c5ccccc5)sc4c3)cc2)cc1. The van der Waals surface area contributed by atoms with Crippen LogP contribution in [0.15, 0.2) is 156 Å². The van der Waals surface area contributed by atoms with Gasteiger partial charge in [-0.25, -0.2) is 9.97 Å². The fourth-order valence-corrected chi connectivity index (χ4v) is 6.40. The summed E-state index contributed by atoms with van der Waals surface area (Å²) < 4.78 is 7.40. The van der Waals surface area contributed by atoms with Crippen molar-refractivity contribution in [1.82, 2.24) is 9.97 Å². The van der Waals surface area contributed by atoms with E-state index in [-0.39, 0.29) is 0 Å². The van der Waals surface area contributed by atoms with Gasteiger partial charge in [0.05, 0.1) is 10.2 Å². The standard InChI is InChI=1S/C38H25N3OS/c1-4-10-26(11-5-1)27-16-18-30(19-17-27)41(31-20-22-33-35(24-31)42-37(39-33)28-12-6-2-7-13-28)32-21-23-34-36(25-32)43-38(40-34)29-14-8-3-9-15-29/h1-25H. The van der Waals surface area contributed by atoms with Gasteiger partial charge in [-0.2, -0.15) is 0 Å². The van der Waals surface area contributed by atoms with Crippen molar-refractivity contribution in [1.29, 1.82) is 0 Å². The molecule has 4 nitrogen and oxygen atoms in total. The summed E-state index contributed by atoms with van der Waals surface area (Å²) >= 11 is 1.71. The van der Waals surface area contributed by atoms with Crippen LogP contribution in [0, 0.1) is 0 Å². The van der Waals surface area contributed by atoms with Crippen LogP contribution >= 0.6 is 11.3 Å². The van der Waals surface area contributed by atoms with E-state index in [2.05, 4.69) is 108 Å². The highest BCUT2D eigenvalue weighted by molar-refractivity contribution is 7.21. The van der Waals surface area contributed by atoms with Gasteiger partial charge >= 0.3 is 0 Å². The molecule has 5 heteroatoms. The molecule has 0 fully saturated rings. The highest BCUT2D eigenvalue weighted by Crippen LogP contribution is 2.40. The third kappa shape index (κ3) is 4.86. The zero-order chi connectivity index (χ0) is 28.6. The largest absolute Gasteiger partial charge is 0.436 e. The predicted molar refractivity (Wildman–Crippen MR) is 178 cm³/mol. The number of rotatable bonds is 6. The van der Waals surface area contributed by atoms with Crippen LogP contribution in [0.25, 0.3) is 54.5 Å². The van der Waals surface area contributed by atoms with Crippen molar-refractivity contribution in [3.05, 3.63) is 152 Å². The van der Waals surface area contributed by atoms with E-state index in [9.17, 15) is 0 Å². The minimum Gasteiger partial charge on any atom is -0.436 e. The molecule has 2 heterocycles. The zero-order valence-corrected chi connectivity index (χ0v) is 23.9. The van der Waals surface area contributed by atoms with E-state index in [1.54, 1.807) is 11.3 Å².